The van der Waals surface area contributed by atoms with E-state index in [4.69, 9.17) is 9.47 Å². The maximum atomic E-state index is 5.52. The van der Waals surface area contributed by atoms with Gasteiger partial charge < -0.3 is 19.7 Å². The van der Waals surface area contributed by atoms with Crippen molar-refractivity contribution in [1.82, 2.24) is 10.2 Å². The van der Waals surface area contributed by atoms with Gasteiger partial charge in [0.05, 0.1) is 19.8 Å². The van der Waals surface area contributed by atoms with Crippen LogP contribution >= 0.6 is 0 Å². The molecule has 0 bridgehead atoms. The van der Waals surface area contributed by atoms with Crippen molar-refractivity contribution in [3.8, 4) is 0 Å². The lowest BCUT2D eigenvalue weighted by molar-refractivity contribution is 0.0452. The van der Waals surface area contributed by atoms with Crippen LogP contribution in [0.4, 0.5) is 0 Å². The van der Waals surface area contributed by atoms with Crippen molar-refractivity contribution >= 4 is 0 Å². The van der Waals surface area contributed by atoms with Crippen LogP contribution in [0.3, 0.4) is 0 Å². The molecule has 2 atom stereocenters. The van der Waals surface area contributed by atoms with E-state index in [-0.39, 0.29) is 0 Å². The van der Waals surface area contributed by atoms with E-state index in [1.807, 2.05) is 0 Å². The van der Waals surface area contributed by atoms with Crippen molar-refractivity contribution in [2.75, 3.05) is 53.6 Å². The van der Waals surface area contributed by atoms with E-state index in [0.717, 1.165) is 19.1 Å². The van der Waals surface area contributed by atoms with E-state index >= 15 is 0 Å². The fourth-order valence-electron chi connectivity index (χ4n) is 2.54. The molecule has 1 rings (SSSR count). The minimum atomic E-state index is 0.694. The van der Waals surface area contributed by atoms with Crippen LogP contribution in [0, 0.1) is 5.92 Å². The van der Waals surface area contributed by atoms with Crippen molar-refractivity contribution in [3.63, 3.8) is 0 Å². The van der Waals surface area contributed by atoms with E-state index < -0.39 is 0 Å². The molecule has 4 heteroatoms. The Hall–Kier alpha value is -0.160. The van der Waals surface area contributed by atoms with Gasteiger partial charge in [-0.2, -0.15) is 0 Å². The monoisotopic (exact) mass is 244 g/mol. The molecule has 0 amide bonds. The SMILES string of the molecule is CCC1CN(CCOCCOC)CCC1NC. The second-order valence-electron chi connectivity index (χ2n) is 4.76. The molecule has 0 saturated carbocycles. The largest absolute Gasteiger partial charge is 0.382 e. The molecule has 1 saturated heterocycles. The third-order valence-electron chi connectivity index (χ3n) is 3.70. The van der Waals surface area contributed by atoms with Crippen LogP contribution in [0.15, 0.2) is 0 Å². The summed E-state index contributed by atoms with van der Waals surface area (Å²) in [6.07, 6.45) is 2.51. The highest BCUT2D eigenvalue weighted by Gasteiger charge is 2.26. The van der Waals surface area contributed by atoms with Gasteiger partial charge in [-0.15, -0.1) is 0 Å². The minimum absolute atomic E-state index is 0.694. The van der Waals surface area contributed by atoms with Crippen LogP contribution in [-0.2, 0) is 9.47 Å². The first-order valence-corrected chi connectivity index (χ1v) is 6.78. The average molecular weight is 244 g/mol. The lowest BCUT2D eigenvalue weighted by Crippen LogP contribution is -2.48. The first kappa shape index (κ1) is 14.9. The fraction of sp³-hybridized carbons (Fsp3) is 1.00. The molecule has 102 valence electrons. The number of nitrogens with zero attached hydrogens (tertiary/aromatic N) is 1. The molecule has 0 aromatic carbocycles. The number of nitrogens with one attached hydrogen (secondary N) is 1. The van der Waals surface area contributed by atoms with E-state index in [0.29, 0.717) is 19.3 Å². The smallest absolute Gasteiger partial charge is 0.0700 e. The molecule has 0 aliphatic carbocycles. The Morgan fingerprint density at radius 3 is 2.76 bits per heavy atom. The molecule has 1 aliphatic heterocycles. The first-order chi connectivity index (χ1) is 8.31. The zero-order chi connectivity index (χ0) is 12.5. The van der Waals surface area contributed by atoms with E-state index in [9.17, 15) is 0 Å². The molecule has 1 fully saturated rings. The molecule has 0 aromatic rings. The van der Waals surface area contributed by atoms with Crippen LogP contribution in [0.25, 0.3) is 0 Å². The normalized spacial score (nSPS) is 26.3. The summed E-state index contributed by atoms with van der Waals surface area (Å²) in [5, 5.41) is 3.44. The summed E-state index contributed by atoms with van der Waals surface area (Å²) in [6.45, 7) is 7.96. The molecule has 1 aliphatic rings. The van der Waals surface area contributed by atoms with Gasteiger partial charge in [0.2, 0.25) is 0 Å². The Morgan fingerprint density at radius 2 is 2.12 bits per heavy atom. The topological polar surface area (TPSA) is 33.7 Å². The maximum Gasteiger partial charge on any atom is 0.0700 e. The van der Waals surface area contributed by atoms with Gasteiger partial charge in [-0.3, -0.25) is 0 Å². The van der Waals surface area contributed by atoms with Crippen LogP contribution < -0.4 is 5.32 Å². The Balaban J connectivity index is 2.14. The number of ether oxygens (including phenoxy) is 2. The molecule has 1 N–H and O–H groups in total. The summed E-state index contributed by atoms with van der Waals surface area (Å²) in [6, 6.07) is 0.700. The Labute approximate surface area is 106 Å². The number of hydrogen-bond acceptors (Lipinski definition) is 4. The van der Waals surface area contributed by atoms with Crippen molar-refractivity contribution in [1.29, 1.82) is 0 Å². The molecule has 0 radical (unpaired) electrons. The Bertz CT molecular complexity index is 190. The Kier molecular flexibility index (Phi) is 7.77. The zero-order valence-corrected chi connectivity index (χ0v) is 11.6. The highest BCUT2D eigenvalue weighted by atomic mass is 16.5. The third kappa shape index (κ3) is 5.34. The zero-order valence-electron chi connectivity index (χ0n) is 11.6. The molecular formula is C13H28N2O2. The summed E-state index contributed by atoms with van der Waals surface area (Å²) in [5.74, 6) is 0.785. The van der Waals surface area contributed by atoms with Gasteiger partial charge in [-0.05, 0) is 25.9 Å². The van der Waals surface area contributed by atoms with Crippen molar-refractivity contribution in [2.45, 2.75) is 25.8 Å². The van der Waals surface area contributed by atoms with Crippen molar-refractivity contribution in [3.05, 3.63) is 0 Å². The van der Waals surface area contributed by atoms with Gasteiger partial charge in [0.1, 0.15) is 0 Å². The average Bonchev–Trinajstić information content (AvgIpc) is 2.38. The predicted molar refractivity (Wildman–Crippen MR) is 70.4 cm³/mol. The lowest BCUT2D eigenvalue weighted by Gasteiger charge is -2.38. The molecule has 4 nitrogen and oxygen atoms in total. The van der Waals surface area contributed by atoms with Gasteiger partial charge in [-0.25, -0.2) is 0 Å². The molecular weight excluding hydrogens is 216 g/mol. The minimum Gasteiger partial charge on any atom is -0.382 e. The van der Waals surface area contributed by atoms with E-state index in [1.54, 1.807) is 7.11 Å². The predicted octanol–water partition coefficient (Wildman–Crippen LogP) is 0.969. The molecule has 2 unspecified atom stereocenters. The lowest BCUT2D eigenvalue weighted by atomic mass is 9.90. The van der Waals surface area contributed by atoms with Crippen LogP contribution in [0.2, 0.25) is 0 Å². The highest BCUT2D eigenvalue weighted by molar-refractivity contribution is 4.83. The number of rotatable bonds is 8. The summed E-state index contributed by atoms with van der Waals surface area (Å²) in [4.78, 5) is 2.52. The quantitative estimate of drug-likeness (QED) is 0.645. The molecule has 0 spiro atoms. The van der Waals surface area contributed by atoms with Crippen LogP contribution in [-0.4, -0.2) is 64.6 Å². The number of likely N-dealkylation sites (tertiary alicyclic amines) is 1. The first-order valence-electron chi connectivity index (χ1n) is 6.78. The van der Waals surface area contributed by atoms with Crippen LogP contribution in [0.1, 0.15) is 19.8 Å². The van der Waals surface area contributed by atoms with E-state index in [2.05, 4.69) is 24.2 Å². The fourth-order valence-corrected chi connectivity index (χ4v) is 2.54. The number of hydrogen-bond donors (Lipinski definition) is 1. The third-order valence-corrected chi connectivity index (χ3v) is 3.70. The Morgan fingerprint density at radius 1 is 1.29 bits per heavy atom. The summed E-state index contributed by atoms with van der Waals surface area (Å²) in [5.41, 5.74) is 0. The molecule has 0 aromatic heterocycles. The van der Waals surface area contributed by atoms with Gasteiger partial charge in [0.25, 0.3) is 0 Å². The summed E-state index contributed by atoms with van der Waals surface area (Å²) < 4.78 is 10.5. The van der Waals surface area contributed by atoms with Crippen LogP contribution in [0.5, 0.6) is 0 Å². The highest BCUT2D eigenvalue weighted by Crippen LogP contribution is 2.19. The molecule has 1 heterocycles. The standard InChI is InChI=1S/C13H28N2O2/c1-4-12-11-15(6-5-13(12)14-2)7-8-17-10-9-16-3/h12-14H,4-11H2,1-3H3. The number of methoxy groups -OCH3 is 1. The summed E-state index contributed by atoms with van der Waals surface area (Å²) in [7, 11) is 3.79. The second-order valence-corrected chi connectivity index (χ2v) is 4.76. The second kappa shape index (κ2) is 8.86. The number of piperidine rings is 1. The van der Waals surface area contributed by atoms with Gasteiger partial charge in [0, 0.05) is 26.2 Å². The molecule has 17 heavy (non-hydrogen) atoms. The maximum absolute atomic E-state index is 5.52. The van der Waals surface area contributed by atoms with E-state index in [1.165, 1.54) is 25.9 Å². The van der Waals surface area contributed by atoms with Crippen molar-refractivity contribution < 1.29 is 9.47 Å². The van der Waals surface area contributed by atoms with Gasteiger partial charge in [0.15, 0.2) is 0 Å². The van der Waals surface area contributed by atoms with Crippen molar-refractivity contribution in [2.24, 2.45) is 5.92 Å². The van der Waals surface area contributed by atoms with Gasteiger partial charge in [-0.1, -0.05) is 13.3 Å². The van der Waals surface area contributed by atoms with Gasteiger partial charge >= 0.3 is 0 Å². The summed E-state index contributed by atoms with van der Waals surface area (Å²) >= 11 is 0.